The molecule has 0 radical (unpaired) electrons. The van der Waals surface area contributed by atoms with Crippen LogP contribution in [-0.2, 0) is 10.0 Å². The van der Waals surface area contributed by atoms with Crippen LogP contribution in [0, 0.1) is 11.6 Å². The summed E-state index contributed by atoms with van der Waals surface area (Å²) in [6.07, 6.45) is -0.676. The fraction of sp³-hybridized carbons (Fsp3) is 0.143. The summed E-state index contributed by atoms with van der Waals surface area (Å²) in [4.78, 5) is -0.636. The standard InChI is InChI=1S/C14H13F2NO3S/c1-9(18)10-2-5-12(6-3-10)17-21(19,20)14-7-4-11(15)8-13(14)16/h2-9,17-18H,1H3. The summed E-state index contributed by atoms with van der Waals surface area (Å²) in [6.45, 7) is 1.58. The Hall–Kier alpha value is -1.99. The molecule has 21 heavy (non-hydrogen) atoms. The van der Waals surface area contributed by atoms with Gasteiger partial charge in [0.15, 0.2) is 0 Å². The van der Waals surface area contributed by atoms with Crippen LogP contribution in [0.15, 0.2) is 47.4 Å². The zero-order valence-corrected chi connectivity index (χ0v) is 11.9. The first kappa shape index (κ1) is 15.4. The average Bonchev–Trinajstić information content (AvgIpc) is 2.38. The molecular weight excluding hydrogens is 300 g/mol. The Morgan fingerprint density at radius 3 is 2.24 bits per heavy atom. The molecule has 4 nitrogen and oxygen atoms in total. The third kappa shape index (κ3) is 3.56. The quantitative estimate of drug-likeness (QED) is 0.912. The molecule has 0 aliphatic rings. The van der Waals surface area contributed by atoms with E-state index < -0.39 is 32.7 Å². The van der Waals surface area contributed by atoms with Gasteiger partial charge in [0.25, 0.3) is 10.0 Å². The van der Waals surface area contributed by atoms with Crippen LogP contribution in [-0.4, -0.2) is 13.5 Å². The maximum Gasteiger partial charge on any atom is 0.264 e. The second-order valence-corrected chi connectivity index (χ2v) is 6.13. The highest BCUT2D eigenvalue weighted by atomic mass is 32.2. The van der Waals surface area contributed by atoms with Crippen molar-refractivity contribution in [2.75, 3.05) is 4.72 Å². The maximum atomic E-state index is 13.5. The number of nitrogens with one attached hydrogen (secondary N) is 1. The van der Waals surface area contributed by atoms with Gasteiger partial charge in [-0.25, -0.2) is 17.2 Å². The number of sulfonamides is 1. The largest absolute Gasteiger partial charge is 0.389 e. The number of hydrogen-bond acceptors (Lipinski definition) is 3. The van der Waals surface area contributed by atoms with Crippen LogP contribution in [0.1, 0.15) is 18.6 Å². The molecule has 0 heterocycles. The Labute approximate surface area is 121 Å². The molecule has 0 aliphatic heterocycles. The second kappa shape index (κ2) is 5.79. The fourth-order valence-electron chi connectivity index (χ4n) is 1.73. The molecule has 2 aromatic carbocycles. The summed E-state index contributed by atoms with van der Waals surface area (Å²) in [7, 11) is -4.15. The monoisotopic (exact) mass is 313 g/mol. The first-order valence-corrected chi connectivity index (χ1v) is 7.54. The van der Waals surface area contributed by atoms with Gasteiger partial charge in [0.1, 0.15) is 16.5 Å². The van der Waals surface area contributed by atoms with Gasteiger partial charge in [-0.1, -0.05) is 12.1 Å². The van der Waals surface area contributed by atoms with Gasteiger partial charge >= 0.3 is 0 Å². The molecule has 1 atom stereocenters. The highest BCUT2D eigenvalue weighted by Gasteiger charge is 2.19. The molecule has 0 saturated carbocycles. The van der Waals surface area contributed by atoms with E-state index in [0.29, 0.717) is 11.6 Å². The van der Waals surface area contributed by atoms with Crippen LogP contribution in [0.3, 0.4) is 0 Å². The summed E-state index contributed by atoms with van der Waals surface area (Å²) in [5.41, 5.74) is 0.828. The number of benzene rings is 2. The van der Waals surface area contributed by atoms with Crippen molar-refractivity contribution in [3.63, 3.8) is 0 Å². The summed E-state index contributed by atoms with van der Waals surface area (Å²) < 4.78 is 52.6. The molecule has 112 valence electrons. The lowest BCUT2D eigenvalue weighted by molar-refractivity contribution is 0.199. The second-order valence-electron chi connectivity index (χ2n) is 4.48. The van der Waals surface area contributed by atoms with Crippen molar-refractivity contribution in [2.24, 2.45) is 0 Å². The molecule has 0 fully saturated rings. The van der Waals surface area contributed by atoms with Gasteiger partial charge in [-0.3, -0.25) is 4.72 Å². The Balaban J connectivity index is 2.28. The van der Waals surface area contributed by atoms with Crippen molar-refractivity contribution in [3.05, 3.63) is 59.7 Å². The Morgan fingerprint density at radius 1 is 1.10 bits per heavy atom. The van der Waals surface area contributed by atoms with Crippen LogP contribution in [0.2, 0.25) is 0 Å². The molecule has 2 aromatic rings. The predicted octanol–water partition coefficient (Wildman–Crippen LogP) is 2.82. The summed E-state index contributed by atoms with van der Waals surface area (Å²) >= 11 is 0. The van der Waals surface area contributed by atoms with E-state index in [1.165, 1.54) is 12.1 Å². The van der Waals surface area contributed by atoms with Crippen molar-refractivity contribution >= 4 is 15.7 Å². The maximum absolute atomic E-state index is 13.5. The van der Waals surface area contributed by atoms with E-state index in [1.807, 2.05) is 0 Å². The van der Waals surface area contributed by atoms with Crippen molar-refractivity contribution < 1.29 is 22.3 Å². The summed E-state index contributed by atoms with van der Waals surface area (Å²) in [6, 6.07) is 8.21. The van der Waals surface area contributed by atoms with Gasteiger partial charge in [0.05, 0.1) is 6.10 Å². The van der Waals surface area contributed by atoms with E-state index in [4.69, 9.17) is 0 Å². The van der Waals surface area contributed by atoms with Gasteiger partial charge in [0.2, 0.25) is 0 Å². The zero-order valence-electron chi connectivity index (χ0n) is 11.0. The van der Waals surface area contributed by atoms with Crippen LogP contribution >= 0.6 is 0 Å². The van der Waals surface area contributed by atoms with Crippen molar-refractivity contribution in [3.8, 4) is 0 Å². The number of halogens is 2. The fourth-order valence-corrected chi connectivity index (χ4v) is 2.85. The first-order chi connectivity index (χ1) is 9.79. The number of rotatable bonds is 4. The summed E-state index contributed by atoms with van der Waals surface area (Å²) in [5.74, 6) is -2.02. The Morgan fingerprint density at radius 2 is 1.71 bits per heavy atom. The Bertz CT molecular complexity index is 743. The van der Waals surface area contributed by atoms with E-state index in [1.54, 1.807) is 19.1 Å². The van der Waals surface area contributed by atoms with Crippen LogP contribution in [0.25, 0.3) is 0 Å². The molecule has 0 amide bonds. The number of anilines is 1. The van der Waals surface area contributed by atoms with E-state index in [0.717, 1.165) is 12.1 Å². The number of aliphatic hydroxyl groups is 1. The average molecular weight is 313 g/mol. The lowest BCUT2D eigenvalue weighted by Gasteiger charge is -2.10. The minimum Gasteiger partial charge on any atom is -0.389 e. The molecule has 1 unspecified atom stereocenters. The molecular formula is C14H13F2NO3S. The first-order valence-electron chi connectivity index (χ1n) is 6.05. The zero-order chi connectivity index (χ0) is 15.6. The topological polar surface area (TPSA) is 66.4 Å². The Kier molecular flexibility index (Phi) is 4.24. The van der Waals surface area contributed by atoms with Crippen molar-refractivity contribution in [1.29, 1.82) is 0 Å². The van der Waals surface area contributed by atoms with Crippen LogP contribution < -0.4 is 4.72 Å². The van der Waals surface area contributed by atoms with E-state index >= 15 is 0 Å². The lowest BCUT2D eigenvalue weighted by Crippen LogP contribution is -2.14. The minimum absolute atomic E-state index is 0.211. The highest BCUT2D eigenvalue weighted by molar-refractivity contribution is 7.92. The van der Waals surface area contributed by atoms with Crippen LogP contribution in [0.5, 0.6) is 0 Å². The van der Waals surface area contributed by atoms with Crippen molar-refractivity contribution in [2.45, 2.75) is 17.9 Å². The third-order valence-corrected chi connectivity index (χ3v) is 4.24. The predicted molar refractivity (Wildman–Crippen MR) is 74.2 cm³/mol. The van der Waals surface area contributed by atoms with E-state index in [-0.39, 0.29) is 5.69 Å². The van der Waals surface area contributed by atoms with Gasteiger partial charge in [0, 0.05) is 11.8 Å². The van der Waals surface area contributed by atoms with Crippen LogP contribution in [0.4, 0.5) is 14.5 Å². The molecule has 7 heteroatoms. The SMILES string of the molecule is CC(O)c1ccc(NS(=O)(=O)c2ccc(F)cc2F)cc1. The molecule has 0 saturated heterocycles. The van der Waals surface area contributed by atoms with Gasteiger partial charge in [-0.05, 0) is 36.8 Å². The number of hydrogen-bond donors (Lipinski definition) is 2. The molecule has 0 aromatic heterocycles. The normalized spacial score (nSPS) is 13.0. The lowest BCUT2D eigenvalue weighted by atomic mass is 10.1. The number of aliphatic hydroxyl groups excluding tert-OH is 1. The smallest absolute Gasteiger partial charge is 0.264 e. The van der Waals surface area contributed by atoms with E-state index in [2.05, 4.69) is 4.72 Å². The van der Waals surface area contributed by atoms with E-state index in [9.17, 15) is 22.3 Å². The van der Waals surface area contributed by atoms with Crippen molar-refractivity contribution in [1.82, 2.24) is 0 Å². The molecule has 2 rings (SSSR count). The minimum atomic E-state index is -4.15. The molecule has 0 bridgehead atoms. The molecule has 0 spiro atoms. The highest BCUT2D eigenvalue weighted by Crippen LogP contribution is 2.21. The third-order valence-electron chi connectivity index (χ3n) is 2.83. The van der Waals surface area contributed by atoms with Gasteiger partial charge in [-0.2, -0.15) is 0 Å². The van der Waals surface area contributed by atoms with Gasteiger partial charge < -0.3 is 5.11 Å². The summed E-state index contributed by atoms with van der Waals surface area (Å²) in [5, 5.41) is 9.36. The molecule has 0 aliphatic carbocycles. The van der Waals surface area contributed by atoms with Gasteiger partial charge in [-0.15, -0.1) is 0 Å². The molecule has 2 N–H and O–H groups in total.